The maximum absolute atomic E-state index is 12.4. The zero-order valence-corrected chi connectivity index (χ0v) is 14.5. The van der Waals surface area contributed by atoms with Crippen LogP contribution in [0.5, 0.6) is 11.5 Å². The summed E-state index contributed by atoms with van der Waals surface area (Å²) in [6.45, 7) is 0.633. The standard InChI is InChI=1S/C19H20ClNO3/c1-23-15-9-8-13-10-11-21(16(22)12-20)18(17(13)19(15)24-2)14-6-4-3-5-7-14/h3-9,18H,10-12H2,1-2H3. The number of methoxy groups -OCH3 is 2. The fraction of sp³-hybridized carbons (Fsp3) is 0.316. The van der Waals surface area contributed by atoms with Gasteiger partial charge in [0.25, 0.3) is 0 Å². The fourth-order valence-electron chi connectivity index (χ4n) is 3.36. The highest BCUT2D eigenvalue weighted by Crippen LogP contribution is 2.44. The van der Waals surface area contributed by atoms with E-state index in [9.17, 15) is 4.79 Å². The number of amides is 1. The number of rotatable bonds is 4. The number of carbonyl (C=O) groups is 1. The van der Waals surface area contributed by atoms with Gasteiger partial charge in [0.15, 0.2) is 11.5 Å². The van der Waals surface area contributed by atoms with Gasteiger partial charge in [-0.25, -0.2) is 0 Å². The number of halogens is 1. The van der Waals surface area contributed by atoms with E-state index in [0.29, 0.717) is 18.0 Å². The zero-order valence-electron chi connectivity index (χ0n) is 13.8. The van der Waals surface area contributed by atoms with E-state index in [1.807, 2.05) is 41.3 Å². The highest BCUT2D eigenvalue weighted by Gasteiger charge is 2.35. The molecule has 1 aliphatic rings. The number of nitrogens with zero attached hydrogens (tertiary/aromatic N) is 1. The number of hydrogen-bond acceptors (Lipinski definition) is 3. The molecule has 1 aliphatic heterocycles. The summed E-state index contributed by atoms with van der Waals surface area (Å²) in [7, 11) is 3.24. The van der Waals surface area contributed by atoms with Crippen LogP contribution >= 0.6 is 11.6 Å². The summed E-state index contributed by atoms with van der Waals surface area (Å²) >= 11 is 5.85. The number of benzene rings is 2. The minimum atomic E-state index is -0.230. The number of alkyl halides is 1. The Morgan fingerprint density at radius 3 is 2.54 bits per heavy atom. The Balaban J connectivity index is 2.22. The Morgan fingerprint density at radius 1 is 1.17 bits per heavy atom. The lowest BCUT2D eigenvalue weighted by molar-refractivity contribution is -0.130. The molecule has 1 unspecified atom stereocenters. The van der Waals surface area contributed by atoms with Crippen molar-refractivity contribution in [3.8, 4) is 11.5 Å². The summed E-state index contributed by atoms with van der Waals surface area (Å²) in [6, 6.07) is 13.7. The van der Waals surface area contributed by atoms with Crippen LogP contribution < -0.4 is 9.47 Å². The third-order valence-electron chi connectivity index (χ3n) is 4.43. The molecule has 5 heteroatoms. The minimum Gasteiger partial charge on any atom is -0.493 e. The quantitative estimate of drug-likeness (QED) is 0.797. The molecule has 4 nitrogen and oxygen atoms in total. The van der Waals surface area contributed by atoms with Crippen LogP contribution in [-0.4, -0.2) is 37.5 Å². The monoisotopic (exact) mass is 345 g/mol. The molecule has 0 aromatic heterocycles. The number of hydrogen-bond donors (Lipinski definition) is 0. The van der Waals surface area contributed by atoms with Gasteiger partial charge in [0.1, 0.15) is 5.88 Å². The normalized spacial score (nSPS) is 16.5. The lowest BCUT2D eigenvalue weighted by Gasteiger charge is -2.38. The van der Waals surface area contributed by atoms with Gasteiger partial charge in [-0.05, 0) is 23.6 Å². The molecule has 0 saturated heterocycles. The number of ether oxygens (including phenoxy) is 2. The second-order valence-corrected chi connectivity index (χ2v) is 5.93. The van der Waals surface area contributed by atoms with Crippen molar-refractivity contribution in [3.05, 3.63) is 59.2 Å². The summed E-state index contributed by atoms with van der Waals surface area (Å²) in [4.78, 5) is 14.3. The highest BCUT2D eigenvalue weighted by atomic mass is 35.5. The number of fused-ring (bicyclic) bond motifs is 1. The second-order valence-electron chi connectivity index (χ2n) is 5.66. The fourth-order valence-corrected chi connectivity index (χ4v) is 3.52. The molecule has 0 spiro atoms. The van der Waals surface area contributed by atoms with E-state index in [2.05, 4.69) is 6.07 Å². The van der Waals surface area contributed by atoms with Crippen molar-refractivity contribution in [1.82, 2.24) is 4.90 Å². The lowest BCUT2D eigenvalue weighted by atomic mass is 9.87. The van der Waals surface area contributed by atoms with E-state index in [0.717, 1.165) is 17.5 Å². The van der Waals surface area contributed by atoms with Crippen molar-refractivity contribution < 1.29 is 14.3 Å². The molecule has 3 rings (SSSR count). The summed E-state index contributed by atoms with van der Waals surface area (Å²) in [5.41, 5.74) is 3.18. The molecule has 0 fully saturated rings. The first-order valence-electron chi connectivity index (χ1n) is 7.85. The number of carbonyl (C=O) groups excluding carboxylic acids is 1. The van der Waals surface area contributed by atoms with Gasteiger partial charge in [0.2, 0.25) is 5.91 Å². The van der Waals surface area contributed by atoms with Crippen LogP contribution in [0.15, 0.2) is 42.5 Å². The van der Waals surface area contributed by atoms with Crippen LogP contribution in [0.2, 0.25) is 0 Å². The predicted octanol–water partition coefficient (Wildman–Crippen LogP) is 3.42. The molecule has 0 aliphatic carbocycles. The van der Waals surface area contributed by atoms with Crippen LogP contribution in [0.4, 0.5) is 0 Å². The van der Waals surface area contributed by atoms with Gasteiger partial charge in [0.05, 0.1) is 20.3 Å². The van der Waals surface area contributed by atoms with E-state index in [1.165, 1.54) is 5.56 Å². The molecule has 0 saturated carbocycles. The lowest BCUT2D eigenvalue weighted by Crippen LogP contribution is -2.41. The van der Waals surface area contributed by atoms with Crippen LogP contribution in [0.1, 0.15) is 22.7 Å². The maximum Gasteiger partial charge on any atom is 0.238 e. The van der Waals surface area contributed by atoms with Gasteiger partial charge in [-0.3, -0.25) is 4.79 Å². The minimum absolute atomic E-state index is 0.0368. The molecular formula is C19H20ClNO3. The Morgan fingerprint density at radius 2 is 1.92 bits per heavy atom. The molecular weight excluding hydrogens is 326 g/mol. The smallest absolute Gasteiger partial charge is 0.238 e. The van der Waals surface area contributed by atoms with Crippen LogP contribution in [0.25, 0.3) is 0 Å². The predicted molar refractivity (Wildman–Crippen MR) is 94.0 cm³/mol. The van der Waals surface area contributed by atoms with Crippen LogP contribution in [0, 0.1) is 0 Å². The van der Waals surface area contributed by atoms with Crippen molar-refractivity contribution in [3.63, 3.8) is 0 Å². The van der Waals surface area contributed by atoms with Crippen molar-refractivity contribution in [1.29, 1.82) is 0 Å². The Hall–Kier alpha value is -2.20. The molecule has 0 N–H and O–H groups in total. The third kappa shape index (κ3) is 2.82. The molecule has 24 heavy (non-hydrogen) atoms. The Kier molecular flexibility index (Phi) is 4.95. The average molecular weight is 346 g/mol. The van der Waals surface area contributed by atoms with Gasteiger partial charge in [-0.15, -0.1) is 11.6 Å². The Labute approximate surface area is 146 Å². The molecule has 0 radical (unpaired) electrons. The topological polar surface area (TPSA) is 38.8 Å². The summed E-state index contributed by atoms with van der Waals surface area (Å²) in [5.74, 6) is 1.22. The van der Waals surface area contributed by atoms with Crippen LogP contribution in [0.3, 0.4) is 0 Å². The molecule has 2 aromatic carbocycles. The molecule has 0 bridgehead atoms. The van der Waals surface area contributed by atoms with Crippen molar-refractivity contribution in [2.24, 2.45) is 0 Å². The molecule has 1 amide bonds. The average Bonchev–Trinajstić information content (AvgIpc) is 2.65. The summed E-state index contributed by atoms with van der Waals surface area (Å²) < 4.78 is 11.1. The van der Waals surface area contributed by atoms with E-state index in [4.69, 9.17) is 21.1 Å². The van der Waals surface area contributed by atoms with E-state index >= 15 is 0 Å². The van der Waals surface area contributed by atoms with E-state index < -0.39 is 0 Å². The van der Waals surface area contributed by atoms with E-state index in [-0.39, 0.29) is 17.8 Å². The first kappa shape index (κ1) is 16.7. The van der Waals surface area contributed by atoms with Crippen LogP contribution in [-0.2, 0) is 11.2 Å². The molecule has 1 atom stereocenters. The Bertz CT molecular complexity index is 733. The van der Waals surface area contributed by atoms with E-state index in [1.54, 1.807) is 14.2 Å². The van der Waals surface area contributed by atoms with Gasteiger partial charge in [-0.2, -0.15) is 0 Å². The first-order chi connectivity index (χ1) is 11.7. The second kappa shape index (κ2) is 7.14. The molecule has 1 heterocycles. The molecule has 126 valence electrons. The van der Waals surface area contributed by atoms with Gasteiger partial charge in [0, 0.05) is 12.1 Å². The van der Waals surface area contributed by atoms with Crippen molar-refractivity contribution in [2.75, 3.05) is 26.6 Å². The summed E-state index contributed by atoms with van der Waals surface area (Å²) in [6.07, 6.45) is 0.766. The zero-order chi connectivity index (χ0) is 17.1. The van der Waals surface area contributed by atoms with Gasteiger partial charge >= 0.3 is 0 Å². The SMILES string of the molecule is COc1ccc2c(c1OC)C(c1ccccc1)N(C(=O)CCl)CC2. The largest absolute Gasteiger partial charge is 0.493 e. The molecule has 2 aromatic rings. The third-order valence-corrected chi connectivity index (χ3v) is 4.66. The van der Waals surface area contributed by atoms with Crippen molar-refractivity contribution in [2.45, 2.75) is 12.5 Å². The van der Waals surface area contributed by atoms with Gasteiger partial charge < -0.3 is 14.4 Å². The van der Waals surface area contributed by atoms with Crippen molar-refractivity contribution >= 4 is 17.5 Å². The highest BCUT2D eigenvalue weighted by molar-refractivity contribution is 6.27. The van der Waals surface area contributed by atoms with Gasteiger partial charge in [-0.1, -0.05) is 36.4 Å². The first-order valence-corrected chi connectivity index (χ1v) is 8.38. The maximum atomic E-state index is 12.4. The summed E-state index contributed by atoms with van der Waals surface area (Å²) in [5, 5.41) is 0.